The van der Waals surface area contributed by atoms with E-state index >= 15 is 0 Å². The lowest BCUT2D eigenvalue weighted by molar-refractivity contribution is -0.887. The molecule has 0 fully saturated rings. The summed E-state index contributed by atoms with van der Waals surface area (Å²) >= 11 is 0. The second-order valence-electron chi connectivity index (χ2n) is 17.4. The van der Waals surface area contributed by atoms with Gasteiger partial charge in [-0.3, -0.25) is 9.59 Å². The van der Waals surface area contributed by atoms with Crippen molar-refractivity contribution in [3.05, 3.63) is 12.2 Å². The van der Waals surface area contributed by atoms with Crippen LogP contribution in [0.1, 0.15) is 226 Å². The molecule has 0 aromatic carbocycles. The fourth-order valence-corrected chi connectivity index (χ4v) is 7.21. The van der Waals surface area contributed by atoms with Crippen molar-refractivity contribution in [2.24, 2.45) is 0 Å². The lowest BCUT2D eigenvalue weighted by atomic mass is 10.0. The number of carbonyl (C=O) groups excluding carboxylic acids is 2. The highest BCUT2D eigenvalue weighted by atomic mass is 16.6. The zero-order valence-corrected chi connectivity index (χ0v) is 37.6. The quantitative estimate of drug-likeness (QED) is 0.0284. The van der Waals surface area contributed by atoms with Crippen molar-refractivity contribution in [1.29, 1.82) is 0 Å². The molecule has 330 valence electrons. The van der Waals surface area contributed by atoms with Crippen molar-refractivity contribution in [3.8, 4) is 0 Å². The van der Waals surface area contributed by atoms with E-state index in [1.807, 2.05) is 21.1 Å². The maximum Gasteiger partial charge on any atom is 0.362 e. The molecule has 0 amide bonds. The molecule has 0 aliphatic heterocycles. The van der Waals surface area contributed by atoms with E-state index in [1.54, 1.807) is 0 Å². The summed E-state index contributed by atoms with van der Waals surface area (Å²) in [4.78, 5) is 37.0. The molecule has 2 unspecified atom stereocenters. The Balaban J connectivity index is 4.25. The number of unbranched alkanes of at least 4 members (excludes halogenated alkanes) is 27. The predicted molar refractivity (Wildman–Crippen MR) is 234 cm³/mol. The van der Waals surface area contributed by atoms with Crippen LogP contribution >= 0.6 is 0 Å². The largest absolute Gasteiger partial charge is 0.477 e. The third-order valence-corrected chi connectivity index (χ3v) is 10.9. The number of carboxylic acids is 1. The number of allylic oxidation sites excluding steroid dienone is 2. The van der Waals surface area contributed by atoms with Crippen LogP contribution in [0, 0.1) is 0 Å². The molecule has 0 aromatic heterocycles. The van der Waals surface area contributed by atoms with Gasteiger partial charge in [0.25, 0.3) is 0 Å². The molecule has 0 aliphatic carbocycles. The molecule has 8 heteroatoms. The fourth-order valence-electron chi connectivity index (χ4n) is 7.21. The number of quaternary nitrogens is 1. The van der Waals surface area contributed by atoms with Crippen molar-refractivity contribution in [1.82, 2.24) is 0 Å². The molecule has 8 nitrogen and oxygen atoms in total. The van der Waals surface area contributed by atoms with Gasteiger partial charge in [0.15, 0.2) is 12.1 Å². The van der Waals surface area contributed by atoms with Gasteiger partial charge in [0.1, 0.15) is 6.61 Å². The Kier molecular flexibility index (Phi) is 38.5. The van der Waals surface area contributed by atoms with Gasteiger partial charge in [-0.05, 0) is 38.5 Å². The van der Waals surface area contributed by atoms with E-state index < -0.39 is 18.1 Å². The van der Waals surface area contributed by atoms with Gasteiger partial charge in [0.05, 0.1) is 34.4 Å². The maximum absolute atomic E-state index is 12.7. The number of aliphatic carboxylic acids is 1. The monoisotopic (exact) mass is 795 g/mol. The molecular weight excluding hydrogens is 703 g/mol. The predicted octanol–water partition coefficient (Wildman–Crippen LogP) is 13.1. The summed E-state index contributed by atoms with van der Waals surface area (Å²) in [5.41, 5.74) is 0. The number of esters is 2. The third-order valence-electron chi connectivity index (χ3n) is 10.9. The van der Waals surface area contributed by atoms with E-state index in [4.69, 9.17) is 14.2 Å². The minimum absolute atomic E-state index is 0.0472. The van der Waals surface area contributed by atoms with Crippen LogP contribution in [-0.2, 0) is 28.6 Å². The van der Waals surface area contributed by atoms with Crippen molar-refractivity contribution >= 4 is 17.9 Å². The number of hydrogen-bond donors (Lipinski definition) is 1. The number of likely N-dealkylation sites (N-methyl/N-ethyl adjacent to an activating group) is 1. The average molecular weight is 795 g/mol. The lowest BCUT2D eigenvalue weighted by Crippen LogP contribution is -2.50. The van der Waals surface area contributed by atoms with Crippen LogP contribution < -0.4 is 0 Å². The second kappa shape index (κ2) is 39.9. The Morgan fingerprint density at radius 3 is 1.29 bits per heavy atom. The van der Waals surface area contributed by atoms with E-state index in [2.05, 4.69) is 26.0 Å². The summed E-state index contributed by atoms with van der Waals surface area (Å²) in [6.07, 6.45) is 42.5. The molecule has 0 heterocycles. The van der Waals surface area contributed by atoms with Gasteiger partial charge in [-0.1, -0.05) is 180 Å². The number of ether oxygens (including phenoxy) is 3. The molecule has 0 bridgehead atoms. The van der Waals surface area contributed by atoms with Crippen LogP contribution in [0.5, 0.6) is 0 Å². The number of nitrogens with zero attached hydrogens (tertiary/aromatic N) is 1. The molecule has 2 atom stereocenters. The summed E-state index contributed by atoms with van der Waals surface area (Å²) in [6, 6.07) is -0.610. The Bertz CT molecular complexity index is 931. The van der Waals surface area contributed by atoms with Gasteiger partial charge in [-0.25, -0.2) is 4.79 Å². The zero-order chi connectivity index (χ0) is 41.4. The first-order valence-electron chi connectivity index (χ1n) is 23.7. The second-order valence-corrected chi connectivity index (χ2v) is 17.4. The summed E-state index contributed by atoms with van der Waals surface area (Å²) in [6.45, 7) is 4.76. The van der Waals surface area contributed by atoms with Crippen LogP contribution in [-0.4, -0.2) is 80.6 Å². The molecule has 0 saturated carbocycles. The van der Waals surface area contributed by atoms with E-state index in [1.165, 1.54) is 154 Å². The van der Waals surface area contributed by atoms with Crippen LogP contribution in [0.4, 0.5) is 0 Å². The van der Waals surface area contributed by atoms with E-state index in [0.29, 0.717) is 19.3 Å². The maximum atomic E-state index is 12.7. The highest BCUT2D eigenvalue weighted by Crippen LogP contribution is 2.15. The first kappa shape index (κ1) is 54.1. The number of rotatable bonds is 43. The van der Waals surface area contributed by atoms with Gasteiger partial charge < -0.3 is 23.8 Å². The summed E-state index contributed by atoms with van der Waals surface area (Å²) in [7, 11) is 5.54. The first-order valence-corrected chi connectivity index (χ1v) is 23.7. The molecule has 1 N–H and O–H groups in total. The lowest BCUT2D eigenvalue weighted by Gasteiger charge is -2.31. The van der Waals surface area contributed by atoms with Crippen LogP contribution in [0.2, 0.25) is 0 Å². The Labute approximate surface area is 346 Å². The van der Waals surface area contributed by atoms with Crippen molar-refractivity contribution in [3.63, 3.8) is 0 Å². The van der Waals surface area contributed by atoms with E-state index in [0.717, 1.165) is 38.5 Å². The molecule has 0 rings (SSSR count). The molecule has 0 spiro atoms. The topological polar surface area (TPSA) is 99.1 Å². The summed E-state index contributed by atoms with van der Waals surface area (Å²) < 4.78 is 17.3. The van der Waals surface area contributed by atoms with Crippen molar-refractivity contribution in [2.75, 3.05) is 41.0 Å². The molecule has 0 aliphatic rings. The SMILES string of the molecule is CCCCCCCCCC/C=C/CCCCCCCCCC(=O)OCC(COCCC(C(=O)O)[N+](C)(C)C)OC(=O)CCCCCCCCCCCCCCC. The van der Waals surface area contributed by atoms with Crippen LogP contribution in [0.15, 0.2) is 12.2 Å². The Hall–Kier alpha value is -1.93. The first-order chi connectivity index (χ1) is 27.1. The Morgan fingerprint density at radius 2 is 0.893 bits per heavy atom. The van der Waals surface area contributed by atoms with Crippen molar-refractivity contribution < 1.29 is 38.2 Å². The number of carbonyl (C=O) groups is 3. The summed E-state index contributed by atoms with van der Waals surface area (Å²) in [5.74, 6) is -1.46. The molecule has 0 aromatic rings. The normalized spacial score (nSPS) is 12.9. The molecule has 0 saturated heterocycles. The van der Waals surface area contributed by atoms with Gasteiger partial charge in [0, 0.05) is 19.3 Å². The highest BCUT2D eigenvalue weighted by Gasteiger charge is 2.31. The van der Waals surface area contributed by atoms with Crippen molar-refractivity contribution in [2.45, 2.75) is 238 Å². The summed E-state index contributed by atoms with van der Waals surface area (Å²) in [5, 5.41) is 9.62. The third kappa shape index (κ3) is 37.6. The standard InChI is InChI=1S/C48H91NO7/c1-6-8-10-12-14-16-18-20-21-22-23-24-25-27-28-30-32-34-36-38-46(50)55-43-44(42-54-41-40-45(48(52)53)49(3,4)5)56-47(51)39-37-35-33-31-29-26-19-17-15-13-11-9-7-2/h22-23,44-45H,6-21,24-43H2,1-5H3/p+1/b23-22+. The van der Waals surface area contributed by atoms with E-state index in [-0.39, 0.29) is 36.2 Å². The molecule has 0 radical (unpaired) electrons. The minimum atomic E-state index is -0.872. The molecular formula is C48H92NO7+. The van der Waals surface area contributed by atoms with Crippen LogP contribution in [0.25, 0.3) is 0 Å². The van der Waals surface area contributed by atoms with E-state index in [9.17, 15) is 19.5 Å². The highest BCUT2D eigenvalue weighted by molar-refractivity contribution is 5.72. The van der Waals surface area contributed by atoms with Gasteiger partial charge in [-0.15, -0.1) is 0 Å². The van der Waals surface area contributed by atoms with Gasteiger partial charge in [0.2, 0.25) is 0 Å². The minimum Gasteiger partial charge on any atom is -0.477 e. The number of carboxylic acid groups (broad SMARTS) is 1. The molecule has 56 heavy (non-hydrogen) atoms. The number of hydrogen-bond acceptors (Lipinski definition) is 6. The van der Waals surface area contributed by atoms with Gasteiger partial charge in [-0.2, -0.15) is 0 Å². The Morgan fingerprint density at radius 1 is 0.518 bits per heavy atom. The fraction of sp³-hybridized carbons (Fsp3) is 0.896. The zero-order valence-electron chi connectivity index (χ0n) is 37.6. The van der Waals surface area contributed by atoms with Gasteiger partial charge >= 0.3 is 17.9 Å². The smallest absolute Gasteiger partial charge is 0.362 e. The average Bonchev–Trinajstić information content (AvgIpc) is 3.15. The van der Waals surface area contributed by atoms with Crippen LogP contribution in [0.3, 0.4) is 0 Å².